The first-order valence-corrected chi connectivity index (χ1v) is 9.82. The van der Waals surface area contributed by atoms with E-state index in [0.717, 1.165) is 9.21 Å². The predicted molar refractivity (Wildman–Crippen MR) is 106 cm³/mol. The Hall–Kier alpha value is -2.09. The van der Waals surface area contributed by atoms with Crippen molar-refractivity contribution in [2.24, 2.45) is 0 Å². The van der Waals surface area contributed by atoms with Crippen LogP contribution >= 0.6 is 22.9 Å². The molecule has 2 heterocycles. The first-order chi connectivity index (χ1) is 12.9. The van der Waals surface area contributed by atoms with E-state index in [2.05, 4.69) is 5.32 Å². The standard InChI is InChI=1S/C19H22ClN3O3S/c1-4-22(11-15-8-9-16(20)27-15)12-23-17(24)19(2,21-18(23)25)13-6-5-7-14(10-13)26-3/h5-10H,4,11-12H2,1-3H3,(H,21,25)/t19-/m0/s1. The minimum Gasteiger partial charge on any atom is -0.497 e. The first-order valence-electron chi connectivity index (χ1n) is 8.62. The fourth-order valence-electron chi connectivity index (χ4n) is 3.07. The van der Waals surface area contributed by atoms with E-state index in [1.165, 1.54) is 16.2 Å². The van der Waals surface area contributed by atoms with Crippen molar-refractivity contribution in [1.29, 1.82) is 0 Å². The van der Waals surface area contributed by atoms with Gasteiger partial charge in [0.25, 0.3) is 5.91 Å². The van der Waals surface area contributed by atoms with Gasteiger partial charge in [0, 0.05) is 11.4 Å². The van der Waals surface area contributed by atoms with Crippen molar-refractivity contribution in [3.63, 3.8) is 0 Å². The third-order valence-corrected chi connectivity index (χ3v) is 5.93. The van der Waals surface area contributed by atoms with E-state index in [4.69, 9.17) is 16.3 Å². The molecule has 2 aromatic rings. The SMILES string of the molecule is CCN(Cc1ccc(Cl)s1)CN1C(=O)N[C@@](C)(c2cccc(OC)c2)C1=O. The quantitative estimate of drug-likeness (QED) is 0.711. The molecule has 8 heteroatoms. The Kier molecular flexibility index (Phi) is 5.74. The van der Waals surface area contributed by atoms with Crippen molar-refractivity contribution >= 4 is 34.9 Å². The van der Waals surface area contributed by atoms with E-state index in [0.29, 0.717) is 24.4 Å². The minimum atomic E-state index is -1.11. The molecule has 1 atom stereocenters. The maximum atomic E-state index is 13.1. The molecule has 0 radical (unpaired) electrons. The Balaban J connectivity index is 1.78. The summed E-state index contributed by atoms with van der Waals surface area (Å²) in [6, 6.07) is 10.6. The topological polar surface area (TPSA) is 61.9 Å². The van der Waals surface area contributed by atoms with Crippen LogP contribution in [0.5, 0.6) is 5.75 Å². The molecule has 6 nitrogen and oxygen atoms in total. The second-order valence-corrected chi connectivity index (χ2v) is 8.31. The summed E-state index contributed by atoms with van der Waals surface area (Å²) in [6.07, 6.45) is 0. The second kappa shape index (κ2) is 7.88. The van der Waals surface area contributed by atoms with Crippen LogP contribution in [0.1, 0.15) is 24.3 Å². The number of amides is 3. The molecule has 3 amide bonds. The number of hydrogen-bond acceptors (Lipinski definition) is 5. The maximum Gasteiger partial charge on any atom is 0.326 e. The van der Waals surface area contributed by atoms with Crippen molar-refractivity contribution in [1.82, 2.24) is 15.1 Å². The molecule has 1 saturated heterocycles. The zero-order chi connectivity index (χ0) is 19.6. The van der Waals surface area contributed by atoms with E-state index < -0.39 is 11.6 Å². The Morgan fingerprint density at radius 2 is 2.07 bits per heavy atom. The molecule has 0 bridgehead atoms. The fourth-order valence-corrected chi connectivity index (χ4v) is 4.20. The second-order valence-electron chi connectivity index (χ2n) is 6.51. The van der Waals surface area contributed by atoms with Crippen molar-refractivity contribution < 1.29 is 14.3 Å². The Bertz CT molecular complexity index is 856. The number of hydrogen-bond donors (Lipinski definition) is 1. The molecule has 27 heavy (non-hydrogen) atoms. The molecular weight excluding hydrogens is 386 g/mol. The van der Waals surface area contributed by atoms with Gasteiger partial charge in [-0.1, -0.05) is 30.7 Å². The number of halogens is 1. The number of imide groups is 1. The number of nitrogens with zero attached hydrogens (tertiary/aromatic N) is 2. The smallest absolute Gasteiger partial charge is 0.326 e. The summed E-state index contributed by atoms with van der Waals surface area (Å²) in [7, 11) is 1.57. The van der Waals surface area contributed by atoms with Crippen molar-refractivity contribution in [3.8, 4) is 5.75 Å². The number of benzene rings is 1. The average molecular weight is 408 g/mol. The highest BCUT2D eigenvalue weighted by Crippen LogP contribution is 2.31. The zero-order valence-corrected chi connectivity index (χ0v) is 17.1. The molecule has 0 saturated carbocycles. The van der Waals surface area contributed by atoms with Crippen LogP contribution in [0.15, 0.2) is 36.4 Å². The van der Waals surface area contributed by atoms with Gasteiger partial charge in [0.1, 0.15) is 11.3 Å². The minimum absolute atomic E-state index is 0.218. The lowest BCUT2D eigenvalue weighted by Gasteiger charge is -2.26. The van der Waals surface area contributed by atoms with Gasteiger partial charge in [0.05, 0.1) is 18.1 Å². The molecule has 1 aromatic heterocycles. The number of ether oxygens (including phenoxy) is 1. The van der Waals surface area contributed by atoms with Gasteiger partial charge in [0.15, 0.2) is 0 Å². The average Bonchev–Trinajstić information content (AvgIpc) is 3.17. The molecule has 0 aliphatic carbocycles. The van der Waals surface area contributed by atoms with Gasteiger partial charge in [-0.25, -0.2) is 9.69 Å². The van der Waals surface area contributed by atoms with E-state index >= 15 is 0 Å². The largest absolute Gasteiger partial charge is 0.497 e. The summed E-state index contributed by atoms with van der Waals surface area (Å²) < 4.78 is 5.97. The van der Waals surface area contributed by atoms with Crippen LogP contribution in [-0.2, 0) is 16.9 Å². The third-order valence-electron chi connectivity index (χ3n) is 4.72. The van der Waals surface area contributed by atoms with Crippen molar-refractivity contribution in [3.05, 3.63) is 51.2 Å². The van der Waals surface area contributed by atoms with Gasteiger partial charge in [-0.15, -0.1) is 11.3 Å². The number of rotatable bonds is 7. The molecule has 1 fully saturated rings. The van der Waals surface area contributed by atoms with Crippen LogP contribution in [-0.4, -0.2) is 42.1 Å². The summed E-state index contributed by atoms with van der Waals surface area (Å²) in [5, 5.41) is 2.83. The maximum absolute atomic E-state index is 13.1. The molecule has 0 unspecified atom stereocenters. The van der Waals surface area contributed by atoms with E-state index in [9.17, 15) is 9.59 Å². The Morgan fingerprint density at radius 3 is 2.70 bits per heavy atom. The van der Waals surface area contributed by atoms with Crippen LogP contribution in [0.3, 0.4) is 0 Å². The van der Waals surface area contributed by atoms with E-state index in [-0.39, 0.29) is 12.6 Å². The lowest BCUT2D eigenvalue weighted by Crippen LogP contribution is -2.43. The van der Waals surface area contributed by atoms with Crippen molar-refractivity contribution in [2.75, 3.05) is 20.3 Å². The highest BCUT2D eigenvalue weighted by molar-refractivity contribution is 7.16. The first kappa shape index (κ1) is 19.7. The number of thiophene rings is 1. The highest BCUT2D eigenvalue weighted by atomic mass is 35.5. The van der Waals surface area contributed by atoms with Gasteiger partial charge in [-0.3, -0.25) is 9.69 Å². The van der Waals surface area contributed by atoms with E-state index in [1.807, 2.05) is 30.0 Å². The van der Waals surface area contributed by atoms with Crippen LogP contribution in [0, 0.1) is 0 Å². The summed E-state index contributed by atoms with van der Waals surface area (Å²) in [4.78, 5) is 30.0. The molecule has 144 valence electrons. The van der Waals surface area contributed by atoms with Gasteiger partial charge in [-0.05, 0) is 43.3 Å². The molecule has 3 rings (SSSR count). The lowest BCUT2D eigenvalue weighted by atomic mass is 9.92. The summed E-state index contributed by atoms with van der Waals surface area (Å²) >= 11 is 7.49. The Morgan fingerprint density at radius 1 is 1.30 bits per heavy atom. The monoisotopic (exact) mass is 407 g/mol. The number of nitrogens with one attached hydrogen (secondary N) is 1. The van der Waals surface area contributed by atoms with E-state index in [1.54, 1.807) is 32.2 Å². The summed E-state index contributed by atoms with van der Waals surface area (Å²) in [5.74, 6) is 0.363. The Labute approximate surface area is 167 Å². The van der Waals surface area contributed by atoms with Gasteiger partial charge in [-0.2, -0.15) is 0 Å². The summed E-state index contributed by atoms with van der Waals surface area (Å²) in [6.45, 7) is 5.26. The number of methoxy groups -OCH3 is 1. The summed E-state index contributed by atoms with van der Waals surface area (Å²) in [5.41, 5.74) is -0.423. The molecule has 1 aliphatic heterocycles. The fraction of sp³-hybridized carbons (Fsp3) is 0.368. The molecule has 1 N–H and O–H groups in total. The third kappa shape index (κ3) is 3.95. The van der Waals surface area contributed by atoms with Crippen LogP contribution in [0.2, 0.25) is 4.34 Å². The number of carbonyl (C=O) groups is 2. The number of carbonyl (C=O) groups excluding carboxylic acids is 2. The highest BCUT2D eigenvalue weighted by Gasteiger charge is 2.49. The van der Waals surface area contributed by atoms with Crippen LogP contribution in [0.25, 0.3) is 0 Å². The molecule has 1 aliphatic rings. The van der Waals surface area contributed by atoms with Gasteiger partial charge in [0.2, 0.25) is 0 Å². The van der Waals surface area contributed by atoms with Gasteiger partial charge < -0.3 is 10.1 Å². The lowest BCUT2D eigenvalue weighted by molar-refractivity contribution is -0.132. The normalized spacial score (nSPS) is 19.7. The number of urea groups is 1. The zero-order valence-electron chi connectivity index (χ0n) is 15.5. The van der Waals surface area contributed by atoms with Crippen molar-refractivity contribution in [2.45, 2.75) is 25.9 Å². The molecule has 0 spiro atoms. The van der Waals surface area contributed by atoms with Crippen LogP contribution in [0.4, 0.5) is 4.79 Å². The molecular formula is C19H22ClN3O3S. The molecule has 1 aromatic carbocycles. The predicted octanol–water partition coefficient (Wildman–Crippen LogP) is 3.66. The van der Waals surface area contributed by atoms with Gasteiger partial charge >= 0.3 is 6.03 Å². The van der Waals surface area contributed by atoms with Crippen LogP contribution < -0.4 is 10.1 Å².